The molecule has 1 fully saturated rings. The molecule has 0 radical (unpaired) electrons. The van der Waals surface area contributed by atoms with E-state index in [1.165, 1.54) is 12.1 Å². The van der Waals surface area contributed by atoms with Gasteiger partial charge in [-0.2, -0.15) is 0 Å². The summed E-state index contributed by atoms with van der Waals surface area (Å²) in [6.07, 6.45) is 1.05. The van der Waals surface area contributed by atoms with E-state index in [1.807, 2.05) is 0 Å². The molecule has 1 heterocycles. The molecule has 1 saturated heterocycles. The molecule has 0 aliphatic carbocycles. The number of piperidine rings is 1. The van der Waals surface area contributed by atoms with Crippen LogP contribution in [0.2, 0.25) is 0 Å². The molecule has 2 amide bonds. The molecule has 0 aromatic heterocycles. The molecular formula is C15H19FN2O3. The number of urea groups is 1. The largest absolute Gasteiger partial charge is 0.478 e. The summed E-state index contributed by atoms with van der Waals surface area (Å²) in [6.45, 7) is 5.30. The highest BCUT2D eigenvalue weighted by molar-refractivity contribution is 6.00. The number of nitrogens with one attached hydrogen (secondary N) is 1. The van der Waals surface area contributed by atoms with Crippen LogP contribution in [0.15, 0.2) is 18.2 Å². The van der Waals surface area contributed by atoms with Crippen molar-refractivity contribution in [2.75, 3.05) is 18.4 Å². The second kappa shape index (κ2) is 6.11. The van der Waals surface area contributed by atoms with Gasteiger partial charge in [0.05, 0.1) is 11.3 Å². The highest BCUT2D eigenvalue weighted by Gasteiger charge is 2.27. The highest BCUT2D eigenvalue weighted by Crippen LogP contribution is 2.24. The molecule has 2 N–H and O–H groups in total. The lowest BCUT2D eigenvalue weighted by Crippen LogP contribution is -2.44. The van der Waals surface area contributed by atoms with Gasteiger partial charge in [0.15, 0.2) is 0 Å². The van der Waals surface area contributed by atoms with Gasteiger partial charge in [-0.15, -0.1) is 0 Å². The summed E-state index contributed by atoms with van der Waals surface area (Å²) in [7, 11) is 0. The third-order valence-electron chi connectivity index (χ3n) is 3.63. The van der Waals surface area contributed by atoms with Crippen molar-refractivity contribution in [1.29, 1.82) is 0 Å². The van der Waals surface area contributed by atoms with Crippen LogP contribution in [0.3, 0.4) is 0 Å². The average Bonchev–Trinajstić information content (AvgIpc) is 2.39. The molecule has 0 spiro atoms. The molecule has 21 heavy (non-hydrogen) atoms. The van der Waals surface area contributed by atoms with E-state index >= 15 is 0 Å². The van der Waals surface area contributed by atoms with Crippen molar-refractivity contribution in [3.63, 3.8) is 0 Å². The normalized spacial score (nSPS) is 22.0. The number of anilines is 1. The number of aromatic carboxylic acids is 1. The average molecular weight is 294 g/mol. The Bertz CT molecular complexity index is 552. The summed E-state index contributed by atoms with van der Waals surface area (Å²) in [5.41, 5.74) is -0.526. The number of halogens is 1. The number of para-hydroxylation sites is 1. The Balaban J connectivity index is 2.18. The molecule has 1 aliphatic heterocycles. The SMILES string of the molecule is CC1CC(C)CN(C(=O)Nc2c(F)cccc2C(=O)O)C1. The number of hydrogen-bond donors (Lipinski definition) is 2. The van der Waals surface area contributed by atoms with E-state index in [9.17, 15) is 14.0 Å². The molecule has 2 atom stereocenters. The quantitative estimate of drug-likeness (QED) is 0.880. The predicted octanol–water partition coefficient (Wildman–Crippen LogP) is 3.03. The minimum absolute atomic E-state index is 0.249. The minimum Gasteiger partial charge on any atom is -0.478 e. The monoisotopic (exact) mass is 294 g/mol. The first kappa shape index (κ1) is 15.3. The van der Waals surface area contributed by atoms with Gasteiger partial charge >= 0.3 is 12.0 Å². The van der Waals surface area contributed by atoms with Gasteiger partial charge in [0.2, 0.25) is 0 Å². The van der Waals surface area contributed by atoms with E-state index in [2.05, 4.69) is 19.2 Å². The van der Waals surface area contributed by atoms with E-state index < -0.39 is 17.8 Å². The standard InChI is InChI=1S/C15H19FN2O3/c1-9-6-10(2)8-18(7-9)15(21)17-13-11(14(19)20)4-3-5-12(13)16/h3-5,9-10H,6-8H2,1-2H3,(H,17,21)(H,19,20). The van der Waals surface area contributed by atoms with Gasteiger partial charge in [0.1, 0.15) is 5.82 Å². The van der Waals surface area contributed by atoms with Crippen LogP contribution in [0.5, 0.6) is 0 Å². The maximum Gasteiger partial charge on any atom is 0.337 e. The fourth-order valence-electron chi connectivity index (χ4n) is 2.84. The van der Waals surface area contributed by atoms with Gasteiger partial charge in [0, 0.05) is 13.1 Å². The second-order valence-electron chi connectivity index (χ2n) is 5.75. The van der Waals surface area contributed by atoms with E-state index in [0.29, 0.717) is 24.9 Å². The van der Waals surface area contributed by atoms with E-state index in [4.69, 9.17) is 5.11 Å². The summed E-state index contributed by atoms with van der Waals surface area (Å²) >= 11 is 0. The van der Waals surface area contributed by atoms with Crippen molar-refractivity contribution in [1.82, 2.24) is 4.90 Å². The van der Waals surface area contributed by atoms with Crippen LogP contribution in [-0.4, -0.2) is 35.1 Å². The summed E-state index contributed by atoms with van der Waals surface area (Å²) < 4.78 is 13.8. The first-order valence-electron chi connectivity index (χ1n) is 6.96. The molecule has 0 bridgehead atoms. The van der Waals surface area contributed by atoms with E-state index in [-0.39, 0.29) is 11.3 Å². The number of hydrogen-bond acceptors (Lipinski definition) is 2. The number of carbonyl (C=O) groups excluding carboxylic acids is 1. The maximum atomic E-state index is 13.8. The van der Waals surface area contributed by atoms with Gasteiger partial charge in [-0.1, -0.05) is 19.9 Å². The maximum absolute atomic E-state index is 13.8. The molecule has 1 aromatic rings. The van der Waals surface area contributed by atoms with Crippen molar-refractivity contribution in [2.45, 2.75) is 20.3 Å². The van der Waals surface area contributed by atoms with Crippen LogP contribution < -0.4 is 5.32 Å². The third kappa shape index (κ3) is 3.51. The fourth-order valence-corrected chi connectivity index (χ4v) is 2.84. The van der Waals surface area contributed by atoms with Crippen LogP contribution in [0.1, 0.15) is 30.6 Å². The number of carboxylic acid groups (broad SMARTS) is 1. The van der Waals surface area contributed by atoms with E-state index in [1.54, 1.807) is 4.90 Å². The lowest BCUT2D eigenvalue weighted by Gasteiger charge is -2.35. The Kier molecular flexibility index (Phi) is 4.45. The van der Waals surface area contributed by atoms with Crippen LogP contribution in [-0.2, 0) is 0 Å². The van der Waals surface area contributed by atoms with Crippen LogP contribution in [0, 0.1) is 17.7 Å². The first-order chi connectivity index (χ1) is 9.88. The Morgan fingerprint density at radius 1 is 1.29 bits per heavy atom. The molecule has 5 nitrogen and oxygen atoms in total. The second-order valence-corrected chi connectivity index (χ2v) is 5.75. The molecular weight excluding hydrogens is 275 g/mol. The topological polar surface area (TPSA) is 69.6 Å². The van der Waals surface area contributed by atoms with Crippen LogP contribution in [0.25, 0.3) is 0 Å². The van der Waals surface area contributed by atoms with Crippen molar-refractivity contribution >= 4 is 17.7 Å². The number of rotatable bonds is 2. The van der Waals surface area contributed by atoms with E-state index in [0.717, 1.165) is 12.5 Å². The van der Waals surface area contributed by atoms with Crippen molar-refractivity contribution in [2.24, 2.45) is 11.8 Å². The molecule has 0 saturated carbocycles. The summed E-state index contributed by atoms with van der Waals surface area (Å²) in [5, 5.41) is 11.5. The Morgan fingerprint density at radius 2 is 1.90 bits per heavy atom. The summed E-state index contributed by atoms with van der Waals surface area (Å²) in [6, 6.07) is 3.24. The number of nitrogens with zero attached hydrogens (tertiary/aromatic N) is 1. The zero-order chi connectivity index (χ0) is 15.6. The molecule has 2 unspecified atom stereocenters. The summed E-state index contributed by atoms with van der Waals surface area (Å²) in [4.78, 5) is 25.0. The number of carbonyl (C=O) groups is 2. The van der Waals surface area contributed by atoms with Gasteiger partial charge in [-0.25, -0.2) is 14.0 Å². The van der Waals surface area contributed by atoms with Gasteiger partial charge in [-0.05, 0) is 30.4 Å². The van der Waals surface area contributed by atoms with Crippen LogP contribution in [0.4, 0.5) is 14.9 Å². The molecule has 6 heteroatoms. The predicted molar refractivity (Wildman–Crippen MR) is 76.9 cm³/mol. The number of benzene rings is 1. The molecule has 2 rings (SSSR count). The van der Waals surface area contributed by atoms with Crippen molar-refractivity contribution in [3.8, 4) is 0 Å². The van der Waals surface area contributed by atoms with Crippen LogP contribution >= 0.6 is 0 Å². The number of amides is 2. The van der Waals surface area contributed by atoms with Gasteiger partial charge < -0.3 is 15.3 Å². The molecule has 1 aromatic carbocycles. The third-order valence-corrected chi connectivity index (χ3v) is 3.63. The minimum atomic E-state index is -1.27. The number of likely N-dealkylation sites (tertiary alicyclic amines) is 1. The smallest absolute Gasteiger partial charge is 0.337 e. The first-order valence-corrected chi connectivity index (χ1v) is 6.96. The molecule has 1 aliphatic rings. The number of carboxylic acids is 1. The van der Waals surface area contributed by atoms with Gasteiger partial charge in [-0.3, -0.25) is 0 Å². The highest BCUT2D eigenvalue weighted by atomic mass is 19.1. The zero-order valence-corrected chi connectivity index (χ0v) is 12.1. The zero-order valence-electron chi connectivity index (χ0n) is 12.1. The lowest BCUT2D eigenvalue weighted by atomic mass is 9.92. The lowest BCUT2D eigenvalue weighted by molar-refractivity contribution is 0.0697. The summed E-state index contributed by atoms with van der Waals surface area (Å²) in [5.74, 6) is -1.27. The Labute approximate surface area is 122 Å². The van der Waals surface area contributed by atoms with Crippen molar-refractivity contribution < 1.29 is 19.1 Å². The molecule has 114 valence electrons. The van der Waals surface area contributed by atoms with Gasteiger partial charge in [0.25, 0.3) is 0 Å². The Morgan fingerprint density at radius 3 is 2.48 bits per heavy atom. The Hall–Kier alpha value is -2.11. The fraction of sp³-hybridized carbons (Fsp3) is 0.467. The van der Waals surface area contributed by atoms with Crippen molar-refractivity contribution in [3.05, 3.63) is 29.6 Å².